The Bertz CT molecular complexity index is 305. The van der Waals surface area contributed by atoms with Crippen LogP contribution in [0.25, 0.3) is 0 Å². The minimum atomic E-state index is 0.166. The molecule has 0 N–H and O–H groups in total. The molecular weight excluding hydrogens is 188 g/mol. The summed E-state index contributed by atoms with van der Waals surface area (Å²) in [4.78, 5) is 12.1. The van der Waals surface area contributed by atoms with E-state index in [1.54, 1.807) is 0 Å². The number of rotatable bonds is 1. The van der Waals surface area contributed by atoms with Crippen LogP contribution in [0.1, 0.15) is 51.4 Å². The summed E-state index contributed by atoms with van der Waals surface area (Å²) in [6, 6.07) is 0.426. The Morgan fingerprint density at radius 3 is 2.53 bits per heavy atom. The molecule has 2 aliphatic carbocycles. The topological polar surface area (TPSA) is 32.7 Å². The zero-order valence-electron chi connectivity index (χ0n) is 9.11. The van der Waals surface area contributed by atoms with Gasteiger partial charge in [0.2, 0.25) is 0 Å². The largest absolute Gasteiger partial charge is 0.272 e. The van der Waals surface area contributed by atoms with E-state index in [1.807, 2.05) is 5.01 Å². The van der Waals surface area contributed by atoms with Crippen molar-refractivity contribution in [2.75, 3.05) is 0 Å². The van der Waals surface area contributed by atoms with E-state index < -0.39 is 0 Å². The van der Waals surface area contributed by atoms with Crippen LogP contribution in [0, 0.1) is 5.92 Å². The molecule has 3 rings (SSSR count). The molecule has 0 bridgehead atoms. The van der Waals surface area contributed by atoms with Crippen LogP contribution < -0.4 is 0 Å². The van der Waals surface area contributed by atoms with Gasteiger partial charge in [0.05, 0.1) is 17.7 Å². The van der Waals surface area contributed by atoms with Gasteiger partial charge in [-0.1, -0.05) is 19.3 Å². The van der Waals surface area contributed by atoms with Crippen molar-refractivity contribution in [1.29, 1.82) is 0 Å². The van der Waals surface area contributed by atoms with Gasteiger partial charge in [0, 0.05) is 0 Å². The lowest BCUT2D eigenvalue weighted by Gasteiger charge is -2.21. The highest BCUT2D eigenvalue weighted by molar-refractivity contribution is 6.08. The van der Waals surface area contributed by atoms with Crippen LogP contribution in [-0.2, 0) is 4.79 Å². The van der Waals surface area contributed by atoms with Crippen LogP contribution in [0.3, 0.4) is 0 Å². The third-order valence-electron chi connectivity index (χ3n) is 4.01. The molecule has 1 heterocycles. The SMILES string of the molecule is O=C1C2CCCCC2=NN1C1CCCC1. The van der Waals surface area contributed by atoms with Crippen molar-refractivity contribution in [2.45, 2.75) is 57.4 Å². The molecule has 2 fully saturated rings. The number of amides is 1. The van der Waals surface area contributed by atoms with Crippen LogP contribution in [0.2, 0.25) is 0 Å². The van der Waals surface area contributed by atoms with Crippen LogP contribution in [-0.4, -0.2) is 22.7 Å². The first kappa shape index (κ1) is 9.37. The van der Waals surface area contributed by atoms with Crippen LogP contribution >= 0.6 is 0 Å². The number of hydrogen-bond acceptors (Lipinski definition) is 2. The standard InChI is InChI=1S/C12H18N2O/c15-12-10-7-3-4-8-11(10)13-14(12)9-5-1-2-6-9/h9-10H,1-8H2. The summed E-state index contributed by atoms with van der Waals surface area (Å²) < 4.78 is 0. The van der Waals surface area contributed by atoms with Crippen molar-refractivity contribution in [2.24, 2.45) is 11.0 Å². The minimum Gasteiger partial charge on any atom is -0.272 e. The van der Waals surface area contributed by atoms with Gasteiger partial charge in [0.1, 0.15) is 0 Å². The van der Waals surface area contributed by atoms with Gasteiger partial charge < -0.3 is 0 Å². The fourth-order valence-corrected chi connectivity index (χ4v) is 3.14. The lowest BCUT2D eigenvalue weighted by atomic mass is 9.87. The van der Waals surface area contributed by atoms with Crippen LogP contribution in [0.15, 0.2) is 5.10 Å². The summed E-state index contributed by atoms with van der Waals surface area (Å²) in [6.45, 7) is 0. The Morgan fingerprint density at radius 1 is 1.07 bits per heavy atom. The Morgan fingerprint density at radius 2 is 1.80 bits per heavy atom. The molecule has 1 unspecified atom stereocenters. The zero-order valence-corrected chi connectivity index (χ0v) is 9.11. The monoisotopic (exact) mass is 206 g/mol. The second-order valence-electron chi connectivity index (χ2n) is 5.01. The number of carbonyl (C=O) groups is 1. The van der Waals surface area contributed by atoms with Crippen molar-refractivity contribution in [3.05, 3.63) is 0 Å². The predicted molar refractivity (Wildman–Crippen MR) is 58.5 cm³/mol. The van der Waals surface area contributed by atoms with Crippen molar-refractivity contribution >= 4 is 11.6 Å². The Hall–Kier alpha value is -0.860. The fraction of sp³-hybridized carbons (Fsp3) is 0.833. The first-order valence-electron chi connectivity index (χ1n) is 6.27. The minimum absolute atomic E-state index is 0.166. The third-order valence-corrected chi connectivity index (χ3v) is 4.01. The summed E-state index contributed by atoms with van der Waals surface area (Å²) in [6.07, 6.45) is 9.38. The zero-order chi connectivity index (χ0) is 10.3. The summed E-state index contributed by atoms with van der Waals surface area (Å²) in [5.41, 5.74) is 1.18. The van der Waals surface area contributed by atoms with Crippen LogP contribution in [0.4, 0.5) is 0 Å². The number of fused-ring (bicyclic) bond motifs is 1. The molecule has 1 aliphatic heterocycles. The second kappa shape index (κ2) is 3.62. The summed E-state index contributed by atoms with van der Waals surface area (Å²) in [5.74, 6) is 0.468. The van der Waals surface area contributed by atoms with Gasteiger partial charge >= 0.3 is 0 Å². The van der Waals surface area contributed by atoms with Crippen molar-refractivity contribution in [3.63, 3.8) is 0 Å². The van der Waals surface area contributed by atoms with Crippen molar-refractivity contribution < 1.29 is 4.79 Å². The quantitative estimate of drug-likeness (QED) is 0.648. The lowest BCUT2D eigenvalue weighted by molar-refractivity contribution is -0.134. The average Bonchev–Trinajstić information content (AvgIpc) is 2.87. The second-order valence-corrected chi connectivity index (χ2v) is 5.01. The first-order chi connectivity index (χ1) is 7.36. The van der Waals surface area contributed by atoms with Gasteiger partial charge in [-0.2, -0.15) is 5.10 Å². The molecule has 0 radical (unpaired) electrons. The molecular formula is C12H18N2O. The van der Waals surface area contributed by atoms with Crippen molar-refractivity contribution in [1.82, 2.24) is 5.01 Å². The molecule has 3 nitrogen and oxygen atoms in total. The smallest absolute Gasteiger partial charge is 0.251 e. The van der Waals surface area contributed by atoms with Gasteiger partial charge in [-0.05, 0) is 32.1 Å². The molecule has 2 saturated carbocycles. The molecule has 1 atom stereocenters. The molecule has 0 aromatic rings. The summed E-state index contributed by atoms with van der Waals surface area (Å²) in [5, 5.41) is 6.41. The molecule has 3 aliphatic rings. The molecule has 0 aromatic carbocycles. The van der Waals surface area contributed by atoms with E-state index in [2.05, 4.69) is 5.10 Å². The third kappa shape index (κ3) is 1.48. The Labute approximate surface area is 90.5 Å². The molecule has 15 heavy (non-hydrogen) atoms. The maximum Gasteiger partial charge on any atom is 0.251 e. The van der Waals surface area contributed by atoms with E-state index in [1.165, 1.54) is 31.4 Å². The molecule has 3 heteroatoms. The number of nitrogens with zero attached hydrogens (tertiary/aromatic N) is 2. The predicted octanol–water partition coefficient (Wildman–Crippen LogP) is 2.32. The molecule has 0 aromatic heterocycles. The van der Waals surface area contributed by atoms with E-state index in [4.69, 9.17) is 0 Å². The number of hydrogen-bond donors (Lipinski definition) is 0. The van der Waals surface area contributed by atoms with Crippen molar-refractivity contribution in [3.8, 4) is 0 Å². The average molecular weight is 206 g/mol. The highest BCUT2D eigenvalue weighted by Gasteiger charge is 2.40. The van der Waals surface area contributed by atoms with E-state index in [0.717, 1.165) is 25.7 Å². The maximum absolute atomic E-state index is 12.1. The van der Waals surface area contributed by atoms with E-state index in [0.29, 0.717) is 11.9 Å². The highest BCUT2D eigenvalue weighted by Crippen LogP contribution is 2.33. The van der Waals surface area contributed by atoms with E-state index in [9.17, 15) is 4.79 Å². The molecule has 0 spiro atoms. The summed E-state index contributed by atoms with van der Waals surface area (Å²) >= 11 is 0. The Kier molecular flexibility index (Phi) is 2.26. The number of hydrazone groups is 1. The number of carbonyl (C=O) groups excluding carboxylic acids is 1. The van der Waals surface area contributed by atoms with Gasteiger partial charge in [0.25, 0.3) is 5.91 Å². The summed E-state index contributed by atoms with van der Waals surface area (Å²) in [7, 11) is 0. The fourth-order valence-electron chi connectivity index (χ4n) is 3.14. The maximum atomic E-state index is 12.1. The molecule has 82 valence electrons. The van der Waals surface area contributed by atoms with Gasteiger partial charge in [-0.15, -0.1) is 0 Å². The normalized spacial score (nSPS) is 32.0. The van der Waals surface area contributed by atoms with E-state index >= 15 is 0 Å². The Balaban J connectivity index is 1.80. The van der Waals surface area contributed by atoms with Gasteiger partial charge in [0.15, 0.2) is 0 Å². The first-order valence-corrected chi connectivity index (χ1v) is 6.27. The molecule has 0 saturated heterocycles. The van der Waals surface area contributed by atoms with E-state index in [-0.39, 0.29) is 5.92 Å². The van der Waals surface area contributed by atoms with Gasteiger partial charge in [-0.25, -0.2) is 5.01 Å². The van der Waals surface area contributed by atoms with Gasteiger partial charge in [-0.3, -0.25) is 4.79 Å². The molecule has 1 amide bonds. The highest BCUT2D eigenvalue weighted by atomic mass is 16.2. The van der Waals surface area contributed by atoms with Crippen LogP contribution in [0.5, 0.6) is 0 Å². The lowest BCUT2D eigenvalue weighted by Crippen LogP contribution is -2.34.